The molecule has 1 saturated heterocycles. The van der Waals surface area contributed by atoms with E-state index in [1.54, 1.807) is 20.8 Å². The molecule has 0 bridgehead atoms. The zero-order chi connectivity index (χ0) is 12.3. The summed E-state index contributed by atoms with van der Waals surface area (Å²) < 4.78 is 5.21. The Balaban J connectivity index is 2.56. The van der Waals surface area contributed by atoms with Gasteiger partial charge in [0.1, 0.15) is 5.60 Å². The molecule has 0 aromatic heterocycles. The van der Waals surface area contributed by atoms with Gasteiger partial charge >= 0.3 is 6.09 Å². The van der Waals surface area contributed by atoms with E-state index >= 15 is 0 Å². The quantitative estimate of drug-likeness (QED) is 0.645. The molecule has 0 aromatic rings. The van der Waals surface area contributed by atoms with E-state index in [9.17, 15) is 15.0 Å². The third kappa shape index (κ3) is 3.98. The number of rotatable bonds is 0. The Labute approximate surface area is 96.0 Å². The topological polar surface area (TPSA) is 70.0 Å². The number of aliphatic hydroxyl groups excluding tert-OH is 2. The summed E-state index contributed by atoms with van der Waals surface area (Å²) >= 11 is 0. The summed E-state index contributed by atoms with van der Waals surface area (Å²) in [5, 5.41) is 19.0. The highest BCUT2D eigenvalue weighted by Crippen LogP contribution is 2.15. The van der Waals surface area contributed by atoms with Crippen LogP contribution in [0.2, 0.25) is 0 Å². The van der Waals surface area contributed by atoms with Crippen LogP contribution in [0.25, 0.3) is 0 Å². The lowest BCUT2D eigenvalue weighted by atomic mass is 10.1. The van der Waals surface area contributed by atoms with Crippen LogP contribution in [-0.2, 0) is 4.74 Å². The molecule has 94 valence electrons. The minimum atomic E-state index is -0.880. The number of nitrogens with zero attached hydrogens (tertiary/aromatic N) is 1. The van der Waals surface area contributed by atoms with Crippen LogP contribution in [0.15, 0.2) is 0 Å². The number of β-amino-alcohol motifs (C(OH)–C–C–N with tert-alkyl or cyclic N) is 1. The van der Waals surface area contributed by atoms with Gasteiger partial charge in [-0.05, 0) is 33.6 Å². The molecule has 1 amide bonds. The van der Waals surface area contributed by atoms with Crippen LogP contribution >= 0.6 is 0 Å². The molecule has 5 heteroatoms. The van der Waals surface area contributed by atoms with E-state index in [1.165, 1.54) is 4.90 Å². The number of likely N-dealkylation sites (tertiary alicyclic amines) is 1. The highest BCUT2D eigenvalue weighted by molar-refractivity contribution is 5.68. The summed E-state index contributed by atoms with van der Waals surface area (Å²) in [4.78, 5) is 13.2. The van der Waals surface area contributed by atoms with Crippen LogP contribution in [-0.4, -0.2) is 52.1 Å². The minimum absolute atomic E-state index is 0.135. The smallest absolute Gasteiger partial charge is 0.410 e. The molecule has 1 rings (SSSR count). The SMILES string of the molecule is CC(C)(C)OC(=O)N1CCC[C@H](O)[C@H](O)C1. The van der Waals surface area contributed by atoms with Crippen molar-refractivity contribution < 1.29 is 19.7 Å². The van der Waals surface area contributed by atoms with Crippen molar-refractivity contribution in [3.05, 3.63) is 0 Å². The molecule has 0 saturated carbocycles. The fourth-order valence-corrected chi connectivity index (χ4v) is 1.61. The molecule has 0 aromatic carbocycles. The summed E-state index contributed by atoms with van der Waals surface area (Å²) in [6.45, 7) is 6.05. The Morgan fingerprint density at radius 1 is 1.31 bits per heavy atom. The van der Waals surface area contributed by atoms with Gasteiger partial charge in [0.2, 0.25) is 0 Å². The normalized spacial score (nSPS) is 27.4. The lowest BCUT2D eigenvalue weighted by molar-refractivity contribution is -0.00592. The van der Waals surface area contributed by atoms with Crippen LogP contribution in [0.1, 0.15) is 33.6 Å². The van der Waals surface area contributed by atoms with Gasteiger partial charge in [0.25, 0.3) is 0 Å². The van der Waals surface area contributed by atoms with Gasteiger partial charge in [0, 0.05) is 6.54 Å². The standard InChI is InChI=1S/C11H21NO4/c1-11(2,3)16-10(15)12-6-4-5-8(13)9(14)7-12/h8-9,13-14H,4-7H2,1-3H3/t8-,9+/m0/s1. The first-order chi connectivity index (χ1) is 7.29. The molecule has 1 fully saturated rings. The monoisotopic (exact) mass is 231 g/mol. The fourth-order valence-electron chi connectivity index (χ4n) is 1.61. The van der Waals surface area contributed by atoms with E-state index in [4.69, 9.17) is 4.74 Å². The highest BCUT2D eigenvalue weighted by atomic mass is 16.6. The molecule has 5 nitrogen and oxygen atoms in total. The van der Waals surface area contributed by atoms with Gasteiger partial charge in [0.15, 0.2) is 0 Å². The molecule has 0 aliphatic carbocycles. The number of carbonyl (C=O) groups is 1. The molecular weight excluding hydrogens is 210 g/mol. The predicted octanol–water partition coefficient (Wildman–Crippen LogP) is 0.739. The zero-order valence-electron chi connectivity index (χ0n) is 10.1. The van der Waals surface area contributed by atoms with Gasteiger partial charge < -0.3 is 19.8 Å². The van der Waals surface area contributed by atoms with Gasteiger partial charge in [-0.15, -0.1) is 0 Å². The molecule has 0 radical (unpaired) electrons. The molecule has 1 aliphatic rings. The van der Waals surface area contributed by atoms with E-state index in [-0.39, 0.29) is 6.54 Å². The first-order valence-corrected chi connectivity index (χ1v) is 5.63. The maximum Gasteiger partial charge on any atom is 0.410 e. The second kappa shape index (κ2) is 5.01. The molecule has 1 aliphatic heterocycles. The summed E-state index contributed by atoms with van der Waals surface area (Å²) in [5.41, 5.74) is -0.535. The third-order valence-corrected chi connectivity index (χ3v) is 2.43. The largest absolute Gasteiger partial charge is 0.444 e. The van der Waals surface area contributed by atoms with E-state index in [0.717, 1.165) is 0 Å². The van der Waals surface area contributed by atoms with E-state index < -0.39 is 23.9 Å². The third-order valence-electron chi connectivity index (χ3n) is 2.43. The van der Waals surface area contributed by atoms with Crippen molar-refractivity contribution in [1.29, 1.82) is 0 Å². The molecule has 2 atom stereocenters. The number of amides is 1. The molecule has 1 heterocycles. The van der Waals surface area contributed by atoms with Crippen molar-refractivity contribution in [2.75, 3.05) is 13.1 Å². The van der Waals surface area contributed by atoms with E-state index in [1.807, 2.05) is 0 Å². The second-order valence-corrected chi connectivity index (χ2v) is 5.20. The van der Waals surface area contributed by atoms with Crippen LogP contribution in [0.3, 0.4) is 0 Å². The maximum atomic E-state index is 11.7. The molecule has 0 unspecified atom stereocenters. The van der Waals surface area contributed by atoms with Crippen molar-refractivity contribution in [3.63, 3.8) is 0 Å². The van der Waals surface area contributed by atoms with Gasteiger partial charge in [-0.2, -0.15) is 0 Å². The Kier molecular flexibility index (Phi) is 4.15. The number of hydrogen-bond donors (Lipinski definition) is 2. The van der Waals surface area contributed by atoms with Gasteiger partial charge in [-0.1, -0.05) is 0 Å². The van der Waals surface area contributed by atoms with Crippen LogP contribution < -0.4 is 0 Å². The molecule has 16 heavy (non-hydrogen) atoms. The van der Waals surface area contributed by atoms with Gasteiger partial charge in [0.05, 0.1) is 18.8 Å². The van der Waals surface area contributed by atoms with E-state index in [2.05, 4.69) is 0 Å². The Morgan fingerprint density at radius 2 is 1.94 bits per heavy atom. The van der Waals surface area contributed by atoms with Crippen molar-refractivity contribution in [3.8, 4) is 0 Å². The zero-order valence-corrected chi connectivity index (χ0v) is 10.1. The summed E-state index contributed by atoms with van der Waals surface area (Å²) in [6.07, 6.45) is -0.860. The Morgan fingerprint density at radius 3 is 2.50 bits per heavy atom. The first-order valence-electron chi connectivity index (χ1n) is 5.63. The number of hydrogen-bond acceptors (Lipinski definition) is 4. The van der Waals surface area contributed by atoms with Gasteiger partial charge in [-0.3, -0.25) is 0 Å². The first kappa shape index (κ1) is 13.3. The summed E-state index contributed by atoms with van der Waals surface area (Å²) in [7, 11) is 0. The fraction of sp³-hybridized carbons (Fsp3) is 0.909. The maximum absolute atomic E-state index is 11.7. The van der Waals surface area contributed by atoms with E-state index in [0.29, 0.717) is 19.4 Å². The van der Waals surface area contributed by atoms with Crippen LogP contribution in [0.5, 0.6) is 0 Å². The van der Waals surface area contributed by atoms with Crippen molar-refractivity contribution in [2.45, 2.75) is 51.4 Å². The molecule has 0 spiro atoms. The summed E-state index contributed by atoms with van der Waals surface area (Å²) in [6, 6.07) is 0. The number of ether oxygens (including phenoxy) is 1. The van der Waals surface area contributed by atoms with Crippen molar-refractivity contribution >= 4 is 6.09 Å². The predicted molar refractivity (Wildman–Crippen MR) is 59.1 cm³/mol. The lowest BCUT2D eigenvalue weighted by Gasteiger charge is -2.27. The van der Waals surface area contributed by atoms with Crippen molar-refractivity contribution in [1.82, 2.24) is 4.90 Å². The lowest BCUT2D eigenvalue weighted by Crippen LogP contribution is -2.42. The number of carbonyl (C=O) groups excluding carboxylic acids is 1. The minimum Gasteiger partial charge on any atom is -0.444 e. The molecular formula is C11H21NO4. The Hall–Kier alpha value is -0.810. The number of aliphatic hydroxyl groups is 2. The summed E-state index contributed by atoms with van der Waals surface area (Å²) in [5.74, 6) is 0. The average molecular weight is 231 g/mol. The van der Waals surface area contributed by atoms with Crippen LogP contribution in [0.4, 0.5) is 4.79 Å². The molecule has 2 N–H and O–H groups in total. The van der Waals surface area contributed by atoms with Gasteiger partial charge in [-0.25, -0.2) is 4.79 Å². The van der Waals surface area contributed by atoms with Crippen LogP contribution in [0, 0.1) is 0 Å². The highest BCUT2D eigenvalue weighted by Gasteiger charge is 2.29. The second-order valence-electron chi connectivity index (χ2n) is 5.20. The van der Waals surface area contributed by atoms with Crippen molar-refractivity contribution in [2.24, 2.45) is 0 Å². The average Bonchev–Trinajstić information content (AvgIpc) is 2.27. The Bertz CT molecular complexity index is 249.